The van der Waals surface area contributed by atoms with E-state index in [0.717, 1.165) is 32.5 Å². The number of pyridine rings is 1. The summed E-state index contributed by atoms with van der Waals surface area (Å²) in [4.78, 5) is 12.8. The maximum absolute atomic E-state index is 13.7. The Morgan fingerprint density at radius 1 is 1.07 bits per heavy atom. The van der Waals surface area contributed by atoms with Crippen molar-refractivity contribution in [2.75, 3.05) is 6.67 Å². The predicted molar refractivity (Wildman–Crippen MR) is 103 cm³/mol. The van der Waals surface area contributed by atoms with E-state index in [4.69, 9.17) is 4.98 Å². The van der Waals surface area contributed by atoms with Gasteiger partial charge in [-0.2, -0.15) is 4.39 Å². The van der Waals surface area contributed by atoms with Crippen LogP contribution in [0.25, 0.3) is 22.4 Å². The van der Waals surface area contributed by atoms with Crippen LogP contribution in [0.4, 0.5) is 8.78 Å². The molecule has 0 aliphatic rings. The molecule has 4 aromatic rings. The predicted octanol–water partition coefficient (Wildman–Crippen LogP) is 4.60. The molecule has 0 amide bonds. The van der Waals surface area contributed by atoms with E-state index < -0.39 is 12.6 Å². The quantitative estimate of drug-likeness (QED) is 0.448. The van der Waals surface area contributed by atoms with Gasteiger partial charge in [0.2, 0.25) is 5.95 Å². The Morgan fingerprint density at radius 2 is 1.96 bits per heavy atom. The van der Waals surface area contributed by atoms with E-state index in [1.165, 1.54) is 17.1 Å². The van der Waals surface area contributed by atoms with Crippen molar-refractivity contribution in [2.24, 2.45) is 0 Å². The number of imidazole rings is 2. The van der Waals surface area contributed by atoms with Crippen molar-refractivity contribution in [2.45, 2.75) is 19.5 Å². The SMILES string of the molecule is FCCCn1c(-c2cncc(Cn3cncc3F)c2)nc2ccc(Br)cc21. The summed E-state index contributed by atoms with van der Waals surface area (Å²) >= 11 is 3.48. The van der Waals surface area contributed by atoms with Gasteiger partial charge in [0.25, 0.3) is 0 Å². The molecule has 0 aliphatic carbocycles. The Kier molecular flexibility index (Phi) is 4.98. The zero-order valence-corrected chi connectivity index (χ0v) is 15.9. The van der Waals surface area contributed by atoms with E-state index in [0.29, 0.717) is 19.5 Å². The summed E-state index contributed by atoms with van der Waals surface area (Å²) in [5.41, 5.74) is 3.39. The Labute approximate surface area is 162 Å². The Morgan fingerprint density at radius 3 is 2.74 bits per heavy atom. The Hall–Kier alpha value is -2.61. The molecule has 3 aromatic heterocycles. The van der Waals surface area contributed by atoms with Crippen LogP contribution in [0, 0.1) is 5.95 Å². The number of hydrogen-bond donors (Lipinski definition) is 0. The first-order chi connectivity index (χ1) is 13.2. The van der Waals surface area contributed by atoms with E-state index in [2.05, 4.69) is 25.9 Å². The maximum atomic E-state index is 13.7. The molecular weight excluding hydrogens is 416 g/mol. The minimum atomic E-state index is -0.402. The second kappa shape index (κ2) is 7.56. The first kappa shape index (κ1) is 17.8. The number of alkyl halides is 1. The average molecular weight is 432 g/mol. The molecule has 0 unspecified atom stereocenters. The van der Waals surface area contributed by atoms with Gasteiger partial charge in [-0.05, 0) is 36.2 Å². The number of rotatable bonds is 6. The lowest BCUT2D eigenvalue weighted by atomic mass is 10.2. The highest BCUT2D eigenvalue weighted by molar-refractivity contribution is 9.10. The molecule has 27 heavy (non-hydrogen) atoms. The smallest absolute Gasteiger partial charge is 0.213 e. The molecule has 4 rings (SSSR count). The maximum Gasteiger partial charge on any atom is 0.213 e. The minimum absolute atomic E-state index is 0.322. The van der Waals surface area contributed by atoms with Crippen molar-refractivity contribution >= 4 is 27.0 Å². The fourth-order valence-electron chi connectivity index (χ4n) is 3.07. The van der Waals surface area contributed by atoms with Gasteiger partial charge < -0.3 is 9.13 Å². The van der Waals surface area contributed by atoms with E-state index in [1.54, 1.807) is 12.4 Å². The van der Waals surface area contributed by atoms with Crippen LogP contribution < -0.4 is 0 Å². The summed E-state index contributed by atoms with van der Waals surface area (Å²) in [5.74, 6) is 0.317. The van der Waals surface area contributed by atoms with Crippen molar-refractivity contribution in [3.8, 4) is 11.4 Å². The summed E-state index contributed by atoms with van der Waals surface area (Å²) in [6.45, 7) is 0.438. The molecule has 5 nitrogen and oxygen atoms in total. The number of aryl methyl sites for hydroxylation is 1. The molecule has 138 valence electrons. The van der Waals surface area contributed by atoms with Gasteiger partial charge in [0, 0.05) is 29.0 Å². The fourth-order valence-corrected chi connectivity index (χ4v) is 3.42. The van der Waals surface area contributed by atoms with Crippen molar-refractivity contribution in [3.63, 3.8) is 0 Å². The second-order valence-corrected chi connectivity index (χ2v) is 7.10. The van der Waals surface area contributed by atoms with Gasteiger partial charge in [-0.3, -0.25) is 9.37 Å². The zero-order chi connectivity index (χ0) is 18.8. The fraction of sp³-hybridized carbons (Fsp3) is 0.211. The molecule has 0 saturated carbocycles. The molecule has 0 saturated heterocycles. The largest absolute Gasteiger partial charge is 0.324 e. The molecule has 0 N–H and O–H groups in total. The van der Waals surface area contributed by atoms with Gasteiger partial charge in [-0.25, -0.2) is 9.97 Å². The van der Waals surface area contributed by atoms with Crippen molar-refractivity contribution in [3.05, 3.63) is 65.2 Å². The summed E-state index contributed by atoms with van der Waals surface area (Å²) < 4.78 is 30.8. The van der Waals surface area contributed by atoms with Crippen molar-refractivity contribution < 1.29 is 8.78 Å². The highest BCUT2D eigenvalue weighted by Gasteiger charge is 2.14. The minimum Gasteiger partial charge on any atom is -0.324 e. The summed E-state index contributed by atoms with van der Waals surface area (Å²) in [6.07, 6.45) is 6.42. The lowest BCUT2D eigenvalue weighted by Crippen LogP contribution is -2.04. The van der Waals surface area contributed by atoms with Crippen LogP contribution in [0.2, 0.25) is 0 Å². The lowest BCUT2D eigenvalue weighted by molar-refractivity contribution is 0.450. The van der Waals surface area contributed by atoms with E-state index in [1.807, 2.05) is 28.8 Å². The molecule has 0 bridgehead atoms. The van der Waals surface area contributed by atoms with E-state index in [-0.39, 0.29) is 0 Å². The molecule has 0 aliphatic heterocycles. The van der Waals surface area contributed by atoms with Gasteiger partial charge >= 0.3 is 0 Å². The van der Waals surface area contributed by atoms with Crippen molar-refractivity contribution in [1.82, 2.24) is 24.1 Å². The third-order valence-electron chi connectivity index (χ3n) is 4.29. The van der Waals surface area contributed by atoms with Crippen LogP contribution in [0.3, 0.4) is 0 Å². The number of aromatic nitrogens is 5. The van der Waals surface area contributed by atoms with Crippen LogP contribution in [-0.2, 0) is 13.1 Å². The molecule has 0 spiro atoms. The van der Waals surface area contributed by atoms with Gasteiger partial charge in [0.1, 0.15) is 5.82 Å². The Balaban J connectivity index is 1.77. The summed E-state index contributed by atoms with van der Waals surface area (Å²) in [5, 5.41) is 0. The van der Waals surface area contributed by atoms with Gasteiger partial charge in [-0.1, -0.05) is 15.9 Å². The molecule has 3 heterocycles. The number of hydrogen-bond acceptors (Lipinski definition) is 3. The lowest BCUT2D eigenvalue weighted by Gasteiger charge is -2.10. The summed E-state index contributed by atoms with van der Waals surface area (Å²) in [7, 11) is 0. The molecule has 0 radical (unpaired) electrons. The standard InChI is InChI=1S/C19H16BrF2N5/c20-15-2-3-16-17(7-15)27(5-1-4-21)19(25-16)14-6-13(8-23-9-14)11-26-12-24-10-18(26)22/h2-3,6-10,12H,1,4-5,11H2. The molecule has 1 aromatic carbocycles. The number of benzene rings is 1. The highest BCUT2D eigenvalue weighted by Crippen LogP contribution is 2.27. The second-order valence-electron chi connectivity index (χ2n) is 6.19. The number of fused-ring (bicyclic) bond motifs is 1. The van der Waals surface area contributed by atoms with Crippen LogP contribution >= 0.6 is 15.9 Å². The molecule has 0 atom stereocenters. The molecule has 0 fully saturated rings. The summed E-state index contributed by atoms with van der Waals surface area (Å²) in [6, 6.07) is 7.75. The van der Waals surface area contributed by atoms with Gasteiger partial charge in [-0.15, -0.1) is 0 Å². The monoisotopic (exact) mass is 431 g/mol. The van der Waals surface area contributed by atoms with E-state index >= 15 is 0 Å². The van der Waals surface area contributed by atoms with Gasteiger partial charge in [0.15, 0.2) is 0 Å². The van der Waals surface area contributed by atoms with Crippen LogP contribution in [0.15, 0.2) is 53.7 Å². The highest BCUT2D eigenvalue weighted by atomic mass is 79.9. The third-order valence-corrected chi connectivity index (χ3v) is 4.79. The van der Waals surface area contributed by atoms with Crippen molar-refractivity contribution in [1.29, 1.82) is 0 Å². The third kappa shape index (κ3) is 3.62. The number of halogens is 3. The van der Waals surface area contributed by atoms with Gasteiger partial charge in [0.05, 0.1) is 36.8 Å². The van der Waals surface area contributed by atoms with Crippen LogP contribution in [0.1, 0.15) is 12.0 Å². The van der Waals surface area contributed by atoms with Crippen LogP contribution in [0.5, 0.6) is 0 Å². The Bertz CT molecular complexity index is 1090. The van der Waals surface area contributed by atoms with Crippen LogP contribution in [-0.4, -0.2) is 30.8 Å². The normalized spacial score (nSPS) is 11.4. The average Bonchev–Trinajstić information content (AvgIpc) is 3.23. The topological polar surface area (TPSA) is 48.5 Å². The number of nitrogens with zero attached hydrogens (tertiary/aromatic N) is 5. The molecule has 8 heteroatoms. The first-order valence-corrected chi connectivity index (χ1v) is 9.26. The zero-order valence-electron chi connectivity index (χ0n) is 14.3. The molecular formula is C19H16BrF2N5. The first-order valence-electron chi connectivity index (χ1n) is 8.47. The van der Waals surface area contributed by atoms with E-state index in [9.17, 15) is 8.78 Å².